The molecular weight excluding hydrogens is 460 g/mol. The first-order valence-corrected chi connectivity index (χ1v) is 10.7. The van der Waals surface area contributed by atoms with Crippen molar-refractivity contribution in [2.75, 3.05) is 0 Å². The fourth-order valence-corrected chi connectivity index (χ4v) is 4.24. The second-order valence-corrected chi connectivity index (χ2v) is 8.60. The van der Waals surface area contributed by atoms with Crippen molar-refractivity contribution in [3.8, 4) is 0 Å². The SMILES string of the molecule is CC(=Nc1c(C)cc(Cl)cc1Cl)c1cccc(C(C)=Nc2c(C)cc(Cl)cc2Cl)n1. The molecule has 1 aromatic heterocycles. The summed E-state index contributed by atoms with van der Waals surface area (Å²) in [6, 6.07) is 12.7. The quantitative estimate of drug-likeness (QED) is 0.346. The number of aromatic nitrogens is 1. The predicted molar refractivity (Wildman–Crippen MR) is 130 cm³/mol. The van der Waals surface area contributed by atoms with Gasteiger partial charge < -0.3 is 0 Å². The minimum Gasteiger partial charge on any atom is -0.250 e. The fraction of sp³-hybridized carbons (Fsp3) is 0.174. The first-order chi connectivity index (χ1) is 14.2. The second-order valence-electron chi connectivity index (χ2n) is 6.91. The molecule has 0 saturated heterocycles. The molecule has 0 aliphatic rings. The molecular formula is C23H19Cl4N3. The van der Waals surface area contributed by atoms with Gasteiger partial charge in [0.25, 0.3) is 0 Å². The number of nitrogens with zero attached hydrogens (tertiary/aromatic N) is 3. The van der Waals surface area contributed by atoms with E-state index in [2.05, 4.69) is 9.98 Å². The van der Waals surface area contributed by atoms with Gasteiger partial charge in [-0.15, -0.1) is 0 Å². The van der Waals surface area contributed by atoms with Crippen molar-refractivity contribution in [1.29, 1.82) is 0 Å². The van der Waals surface area contributed by atoms with E-state index < -0.39 is 0 Å². The van der Waals surface area contributed by atoms with E-state index in [0.29, 0.717) is 31.5 Å². The predicted octanol–water partition coefficient (Wildman–Crippen LogP) is 8.59. The van der Waals surface area contributed by atoms with E-state index in [-0.39, 0.29) is 0 Å². The minimum atomic E-state index is 0.501. The van der Waals surface area contributed by atoms with Crippen molar-refractivity contribution in [3.05, 3.63) is 85.1 Å². The molecule has 0 bridgehead atoms. The van der Waals surface area contributed by atoms with Gasteiger partial charge in [0.2, 0.25) is 0 Å². The Kier molecular flexibility index (Phi) is 7.20. The van der Waals surface area contributed by atoms with Crippen LogP contribution in [-0.4, -0.2) is 16.4 Å². The summed E-state index contributed by atoms with van der Waals surface area (Å²) >= 11 is 24.8. The average Bonchev–Trinajstić information content (AvgIpc) is 2.67. The number of hydrogen-bond donors (Lipinski definition) is 0. The van der Waals surface area contributed by atoms with E-state index in [4.69, 9.17) is 51.4 Å². The zero-order chi connectivity index (χ0) is 22.0. The number of benzene rings is 2. The van der Waals surface area contributed by atoms with Gasteiger partial charge >= 0.3 is 0 Å². The normalized spacial score (nSPS) is 12.4. The van der Waals surface area contributed by atoms with E-state index in [1.54, 1.807) is 12.1 Å². The number of aryl methyl sites for hydroxylation is 2. The summed E-state index contributed by atoms with van der Waals surface area (Å²) in [6.45, 7) is 7.62. The van der Waals surface area contributed by atoms with Gasteiger partial charge in [0.05, 0.1) is 44.2 Å². The van der Waals surface area contributed by atoms with Gasteiger partial charge in [-0.3, -0.25) is 0 Å². The van der Waals surface area contributed by atoms with Crippen LogP contribution in [0.15, 0.2) is 52.4 Å². The lowest BCUT2D eigenvalue weighted by Crippen LogP contribution is -2.05. The van der Waals surface area contributed by atoms with E-state index in [0.717, 1.165) is 33.9 Å². The summed E-state index contributed by atoms with van der Waals surface area (Å²) in [5.41, 5.74) is 6.08. The molecule has 0 aliphatic heterocycles. The molecule has 30 heavy (non-hydrogen) atoms. The molecule has 1 heterocycles. The van der Waals surface area contributed by atoms with Crippen LogP contribution < -0.4 is 0 Å². The van der Waals surface area contributed by atoms with Crippen LogP contribution in [0.1, 0.15) is 36.4 Å². The van der Waals surface area contributed by atoms with Gasteiger partial charge in [0.1, 0.15) is 0 Å². The molecule has 3 nitrogen and oxygen atoms in total. The van der Waals surface area contributed by atoms with Crippen molar-refractivity contribution in [2.45, 2.75) is 27.7 Å². The smallest absolute Gasteiger partial charge is 0.0850 e. The van der Waals surface area contributed by atoms with Crippen LogP contribution in [0, 0.1) is 13.8 Å². The first-order valence-electron chi connectivity index (χ1n) is 9.15. The van der Waals surface area contributed by atoms with E-state index >= 15 is 0 Å². The third-order valence-electron chi connectivity index (χ3n) is 4.49. The van der Waals surface area contributed by atoms with E-state index in [1.807, 2.05) is 58.0 Å². The maximum absolute atomic E-state index is 6.33. The van der Waals surface area contributed by atoms with Crippen molar-refractivity contribution < 1.29 is 0 Å². The van der Waals surface area contributed by atoms with E-state index in [1.165, 1.54) is 0 Å². The Bertz CT molecular complexity index is 1050. The van der Waals surface area contributed by atoms with Crippen LogP contribution in [-0.2, 0) is 0 Å². The molecule has 0 amide bonds. The van der Waals surface area contributed by atoms with Gasteiger partial charge in [0, 0.05) is 10.0 Å². The van der Waals surface area contributed by atoms with Gasteiger partial charge in [-0.05, 0) is 75.2 Å². The van der Waals surface area contributed by atoms with Crippen LogP contribution in [0.3, 0.4) is 0 Å². The molecule has 0 unspecified atom stereocenters. The molecule has 3 aromatic rings. The average molecular weight is 479 g/mol. The Morgan fingerprint density at radius 1 is 0.700 bits per heavy atom. The summed E-state index contributed by atoms with van der Waals surface area (Å²) in [7, 11) is 0. The van der Waals surface area contributed by atoms with Crippen molar-refractivity contribution in [1.82, 2.24) is 4.98 Å². The van der Waals surface area contributed by atoms with Crippen LogP contribution in [0.2, 0.25) is 20.1 Å². The molecule has 0 fully saturated rings. The second kappa shape index (κ2) is 9.49. The topological polar surface area (TPSA) is 37.6 Å². The summed E-state index contributed by atoms with van der Waals surface area (Å²) in [5, 5.41) is 2.16. The summed E-state index contributed by atoms with van der Waals surface area (Å²) in [5.74, 6) is 0. The van der Waals surface area contributed by atoms with Crippen LogP contribution >= 0.6 is 46.4 Å². The summed E-state index contributed by atoms with van der Waals surface area (Å²) in [6.07, 6.45) is 0. The largest absolute Gasteiger partial charge is 0.250 e. The first kappa shape index (κ1) is 22.8. The zero-order valence-corrected chi connectivity index (χ0v) is 19.9. The van der Waals surface area contributed by atoms with Crippen LogP contribution in [0.5, 0.6) is 0 Å². The van der Waals surface area contributed by atoms with Gasteiger partial charge in [-0.2, -0.15) is 0 Å². The molecule has 3 rings (SSSR count). The third kappa shape index (κ3) is 5.22. The van der Waals surface area contributed by atoms with Gasteiger partial charge in [0.15, 0.2) is 0 Å². The lowest BCUT2D eigenvalue weighted by molar-refractivity contribution is 1.23. The van der Waals surface area contributed by atoms with Gasteiger partial charge in [-0.25, -0.2) is 15.0 Å². The van der Waals surface area contributed by atoms with Crippen molar-refractivity contribution in [2.24, 2.45) is 9.98 Å². The van der Waals surface area contributed by atoms with Gasteiger partial charge in [-0.1, -0.05) is 52.5 Å². The van der Waals surface area contributed by atoms with Crippen molar-refractivity contribution >= 4 is 69.2 Å². The molecule has 0 spiro atoms. The van der Waals surface area contributed by atoms with E-state index in [9.17, 15) is 0 Å². The molecule has 0 radical (unpaired) electrons. The molecule has 0 N–H and O–H groups in total. The van der Waals surface area contributed by atoms with Crippen LogP contribution in [0.25, 0.3) is 0 Å². The third-order valence-corrected chi connectivity index (χ3v) is 5.50. The lowest BCUT2D eigenvalue weighted by Gasteiger charge is -2.09. The monoisotopic (exact) mass is 477 g/mol. The molecule has 0 atom stereocenters. The zero-order valence-electron chi connectivity index (χ0n) is 16.9. The Balaban J connectivity index is 1.99. The maximum Gasteiger partial charge on any atom is 0.0850 e. The van der Waals surface area contributed by atoms with Crippen molar-refractivity contribution in [3.63, 3.8) is 0 Å². The molecule has 0 saturated carbocycles. The Morgan fingerprint density at radius 2 is 1.10 bits per heavy atom. The minimum absolute atomic E-state index is 0.501. The molecule has 2 aromatic carbocycles. The molecule has 7 heteroatoms. The number of rotatable bonds is 4. The number of aliphatic imine (C=N–C) groups is 2. The summed E-state index contributed by atoms with van der Waals surface area (Å²) < 4.78 is 0. The fourth-order valence-electron chi connectivity index (χ4n) is 2.96. The Hall–Kier alpha value is -1.91. The lowest BCUT2D eigenvalue weighted by atomic mass is 10.1. The Labute approximate surface area is 196 Å². The Morgan fingerprint density at radius 3 is 1.47 bits per heavy atom. The number of hydrogen-bond acceptors (Lipinski definition) is 3. The number of halogens is 4. The highest BCUT2D eigenvalue weighted by atomic mass is 35.5. The highest BCUT2D eigenvalue weighted by Crippen LogP contribution is 2.33. The highest BCUT2D eigenvalue weighted by molar-refractivity contribution is 6.37. The molecule has 0 aliphatic carbocycles. The maximum atomic E-state index is 6.33. The highest BCUT2D eigenvalue weighted by Gasteiger charge is 2.10. The number of pyridine rings is 1. The summed E-state index contributed by atoms with van der Waals surface area (Å²) in [4.78, 5) is 14.1. The van der Waals surface area contributed by atoms with Crippen LogP contribution in [0.4, 0.5) is 11.4 Å². The standard InChI is InChI=1S/C23H19Cl4N3/c1-12-8-16(24)10-18(26)22(12)28-14(3)20-6-5-7-21(30-20)15(4)29-23-13(2)9-17(25)11-19(23)27/h5-11H,1-4H3. The molecule has 154 valence electrons.